The van der Waals surface area contributed by atoms with Crippen molar-refractivity contribution in [3.05, 3.63) is 88.4 Å². The Hall–Kier alpha value is -2.83. The maximum Gasteiger partial charge on any atom is 0.263 e. The van der Waals surface area contributed by atoms with Crippen LogP contribution in [-0.2, 0) is 16.4 Å². The van der Waals surface area contributed by atoms with Crippen molar-refractivity contribution in [2.45, 2.75) is 24.7 Å². The first-order chi connectivity index (χ1) is 14.3. The molecule has 0 unspecified atom stereocenters. The monoisotopic (exact) mass is 440 g/mol. The number of benzene rings is 3. The molecule has 0 radical (unpaired) electrons. The van der Waals surface area contributed by atoms with Gasteiger partial charge in [0, 0.05) is 23.5 Å². The van der Waals surface area contributed by atoms with Crippen LogP contribution < -0.4 is 9.62 Å². The zero-order valence-corrected chi connectivity index (χ0v) is 18.0. The van der Waals surface area contributed by atoms with Crippen molar-refractivity contribution in [2.75, 3.05) is 16.2 Å². The van der Waals surface area contributed by atoms with Gasteiger partial charge >= 0.3 is 0 Å². The Balaban J connectivity index is 1.67. The van der Waals surface area contributed by atoms with Crippen molar-refractivity contribution < 1.29 is 13.2 Å². The molecule has 3 aromatic carbocycles. The van der Waals surface area contributed by atoms with E-state index in [0.29, 0.717) is 12.2 Å². The summed E-state index contributed by atoms with van der Waals surface area (Å²) in [6, 6.07) is 19.1. The maximum absolute atomic E-state index is 13.2. The van der Waals surface area contributed by atoms with Gasteiger partial charge in [0.05, 0.1) is 5.02 Å². The predicted molar refractivity (Wildman–Crippen MR) is 120 cm³/mol. The molecule has 30 heavy (non-hydrogen) atoms. The van der Waals surface area contributed by atoms with Crippen LogP contribution in [0.25, 0.3) is 0 Å². The summed E-state index contributed by atoms with van der Waals surface area (Å²) in [6.45, 7) is 2.51. The molecular formula is C23H21ClN2O3S. The second-order valence-corrected chi connectivity index (χ2v) is 9.36. The van der Waals surface area contributed by atoms with Crippen molar-refractivity contribution in [1.29, 1.82) is 0 Å². The number of rotatable bonds is 4. The highest BCUT2D eigenvalue weighted by Gasteiger charge is 2.26. The number of hydrogen-bond donors (Lipinski definition) is 1. The summed E-state index contributed by atoms with van der Waals surface area (Å²) < 4.78 is 28.4. The van der Waals surface area contributed by atoms with Gasteiger partial charge in [-0.2, -0.15) is 0 Å². The zero-order chi connectivity index (χ0) is 21.3. The van der Waals surface area contributed by atoms with Crippen LogP contribution in [0, 0.1) is 6.92 Å². The van der Waals surface area contributed by atoms with Gasteiger partial charge in [0.1, 0.15) is 4.90 Å². The Bertz CT molecular complexity index is 1210. The Morgan fingerprint density at radius 3 is 2.53 bits per heavy atom. The number of sulfonamides is 1. The van der Waals surface area contributed by atoms with Gasteiger partial charge in [0.15, 0.2) is 0 Å². The van der Waals surface area contributed by atoms with E-state index in [-0.39, 0.29) is 21.4 Å². The van der Waals surface area contributed by atoms with Crippen LogP contribution in [0.15, 0.2) is 71.6 Å². The molecule has 1 amide bonds. The Morgan fingerprint density at radius 1 is 1.03 bits per heavy atom. The van der Waals surface area contributed by atoms with Crippen LogP contribution in [0.2, 0.25) is 5.02 Å². The normalized spacial score (nSPS) is 13.6. The minimum atomic E-state index is -3.96. The molecule has 1 aliphatic heterocycles. The number of carbonyl (C=O) groups is 1. The minimum Gasteiger partial charge on any atom is -0.308 e. The molecule has 7 heteroatoms. The number of fused-ring (bicyclic) bond motifs is 1. The molecule has 0 spiro atoms. The molecule has 0 saturated carbocycles. The van der Waals surface area contributed by atoms with Crippen molar-refractivity contribution in [3.8, 4) is 0 Å². The van der Waals surface area contributed by atoms with E-state index < -0.39 is 10.0 Å². The lowest BCUT2D eigenvalue weighted by atomic mass is 10.0. The molecule has 0 bridgehead atoms. The summed E-state index contributed by atoms with van der Waals surface area (Å²) in [5.74, 6) is -0.245. The highest BCUT2D eigenvalue weighted by atomic mass is 35.5. The van der Waals surface area contributed by atoms with E-state index in [0.717, 1.165) is 29.7 Å². The third-order valence-corrected chi connectivity index (χ3v) is 6.99. The van der Waals surface area contributed by atoms with E-state index in [1.807, 2.05) is 43.3 Å². The molecule has 0 atom stereocenters. The number of carbonyl (C=O) groups excluding carboxylic acids is 1. The SMILES string of the molecule is Cc1ccc(NS(=O)(=O)c2cc(C(=O)N3CCCc4ccccc43)ccc2Cl)cc1. The van der Waals surface area contributed by atoms with Crippen LogP contribution >= 0.6 is 11.6 Å². The van der Waals surface area contributed by atoms with Gasteiger partial charge in [-0.25, -0.2) is 8.42 Å². The highest BCUT2D eigenvalue weighted by Crippen LogP contribution is 2.30. The number of nitrogens with one attached hydrogen (secondary N) is 1. The van der Waals surface area contributed by atoms with Crippen molar-refractivity contribution >= 4 is 38.9 Å². The fraction of sp³-hybridized carbons (Fsp3) is 0.174. The van der Waals surface area contributed by atoms with Crippen molar-refractivity contribution in [3.63, 3.8) is 0 Å². The largest absolute Gasteiger partial charge is 0.308 e. The van der Waals surface area contributed by atoms with Crippen LogP contribution in [0.3, 0.4) is 0 Å². The Kier molecular flexibility index (Phi) is 5.54. The average molecular weight is 441 g/mol. The van der Waals surface area contributed by atoms with Gasteiger partial charge in [-0.05, 0) is 61.7 Å². The lowest BCUT2D eigenvalue weighted by Crippen LogP contribution is -2.35. The van der Waals surface area contributed by atoms with E-state index in [1.165, 1.54) is 12.1 Å². The standard InChI is InChI=1S/C23H21ClN2O3S/c1-16-8-11-19(12-9-16)25-30(28,29)22-15-18(10-13-20(22)24)23(27)26-14-4-6-17-5-2-3-7-21(17)26/h2-3,5,7-13,15,25H,4,6,14H2,1H3. The third kappa shape index (κ3) is 4.06. The first-order valence-electron chi connectivity index (χ1n) is 9.64. The minimum absolute atomic E-state index is 0.0604. The molecule has 1 N–H and O–H groups in total. The molecule has 0 fully saturated rings. The summed E-state index contributed by atoms with van der Waals surface area (Å²) >= 11 is 6.20. The van der Waals surface area contributed by atoms with Crippen LogP contribution in [0.1, 0.15) is 27.9 Å². The Labute approximate surface area is 181 Å². The fourth-order valence-corrected chi connectivity index (χ4v) is 5.16. The number of hydrogen-bond acceptors (Lipinski definition) is 3. The molecule has 0 saturated heterocycles. The quantitative estimate of drug-likeness (QED) is 0.617. The van der Waals surface area contributed by atoms with Gasteiger partial charge in [-0.1, -0.05) is 47.5 Å². The molecule has 0 aliphatic carbocycles. The zero-order valence-electron chi connectivity index (χ0n) is 16.4. The molecule has 4 rings (SSSR count). The Morgan fingerprint density at radius 2 is 1.77 bits per heavy atom. The summed E-state index contributed by atoms with van der Waals surface area (Å²) in [5.41, 5.74) is 3.70. The molecule has 3 aromatic rings. The lowest BCUT2D eigenvalue weighted by Gasteiger charge is -2.29. The number of anilines is 2. The van der Waals surface area contributed by atoms with E-state index in [4.69, 9.17) is 11.6 Å². The summed E-state index contributed by atoms with van der Waals surface area (Å²) in [6.07, 6.45) is 1.77. The van der Waals surface area contributed by atoms with Gasteiger partial charge in [-0.3, -0.25) is 9.52 Å². The van der Waals surface area contributed by atoms with Crippen LogP contribution in [0.5, 0.6) is 0 Å². The van der Waals surface area contributed by atoms with Crippen molar-refractivity contribution in [1.82, 2.24) is 0 Å². The number of nitrogens with zero attached hydrogens (tertiary/aromatic N) is 1. The highest BCUT2D eigenvalue weighted by molar-refractivity contribution is 7.92. The van der Waals surface area contributed by atoms with Crippen LogP contribution in [0.4, 0.5) is 11.4 Å². The smallest absolute Gasteiger partial charge is 0.263 e. The van der Waals surface area contributed by atoms with E-state index in [1.54, 1.807) is 23.1 Å². The van der Waals surface area contributed by atoms with Gasteiger partial charge in [0.2, 0.25) is 0 Å². The number of para-hydroxylation sites is 1. The second-order valence-electron chi connectivity index (χ2n) is 7.31. The average Bonchev–Trinajstić information content (AvgIpc) is 2.74. The third-order valence-electron chi connectivity index (χ3n) is 5.13. The number of halogens is 1. The topological polar surface area (TPSA) is 66.5 Å². The van der Waals surface area contributed by atoms with Gasteiger partial charge in [0.25, 0.3) is 15.9 Å². The number of amides is 1. The van der Waals surface area contributed by atoms with E-state index in [2.05, 4.69) is 4.72 Å². The van der Waals surface area contributed by atoms with Gasteiger partial charge in [-0.15, -0.1) is 0 Å². The lowest BCUT2D eigenvalue weighted by molar-refractivity contribution is 0.0985. The maximum atomic E-state index is 13.2. The summed E-state index contributed by atoms with van der Waals surface area (Å²) in [5, 5.41) is 0.0604. The molecule has 0 aromatic heterocycles. The molecule has 1 aliphatic rings. The van der Waals surface area contributed by atoms with E-state index >= 15 is 0 Å². The predicted octanol–water partition coefficient (Wildman–Crippen LogP) is 5.04. The van der Waals surface area contributed by atoms with E-state index in [9.17, 15) is 13.2 Å². The first-order valence-corrected chi connectivity index (χ1v) is 11.5. The first kappa shape index (κ1) is 20.4. The molecule has 5 nitrogen and oxygen atoms in total. The summed E-state index contributed by atoms with van der Waals surface area (Å²) in [4.78, 5) is 14.8. The molecule has 154 valence electrons. The van der Waals surface area contributed by atoms with Gasteiger partial charge < -0.3 is 4.90 Å². The summed E-state index contributed by atoms with van der Waals surface area (Å²) in [7, 11) is -3.96. The fourth-order valence-electron chi connectivity index (χ4n) is 3.57. The molecular weight excluding hydrogens is 420 g/mol. The second kappa shape index (κ2) is 8.13. The molecule has 1 heterocycles. The number of aryl methyl sites for hydroxylation is 2. The van der Waals surface area contributed by atoms with Crippen LogP contribution in [-0.4, -0.2) is 20.9 Å². The van der Waals surface area contributed by atoms with Crippen molar-refractivity contribution in [2.24, 2.45) is 0 Å².